The van der Waals surface area contributed by atoms with E-state index in [1.165, 1.54) is 19.3 Å². The topological polar surface area (TPSA) is 42.4 Å². The van der Waals surface area contributed by atoms with Crippen LogP contribution in [0.2, 0.25) is 5.02 Å². The number of carbonyl (C=O) groups excluding carboxylic acids is 1. The molecule has 28 heavy (non-hydrogen) atoms. The third-order valence-corrected chi connectivity index (χ3v) is 5.55. The van der Waals surface area contributed by atoms with Crippen molar-refractivity contribution in [2.75, 3.05) is 13.7 Å². The van der Waals surface area contributed by atoms with Crippen LogP contribution in [0.4, 0.5) is 0 Å². The monoisotopic (exact) mass is 406 g/mol. The van der Waals surface area contributed by atoms with Gasteiger partial charge in [0, 0.05) is 43.8 Å². The number of aryl methyl sites for hydroxylation is 1. The number of amides is 1. The Bertz CT molecular complexity index is 656. The van der Waals surface area contributed by atoms with Crippen molar-refractivity contribution in [3.63, 3.8) is 0 Å². The molecule has 1 saturated carbocycles. The van der Waals surface area contributed by atoms with Gasteiger partial charge in [-0.2, -0.15) is 0 Å². The smallest absolute Gasteiger partial charge is 0.249 e. The summed E-state index contributed by atoms with van der Waals surface area (Å²) in [5, 5.41) is 0.634. The lowest BCUT2D eigenvalue weighted by Crippen LogP contribution is -2.33. The lowest BCUT2D eigenvalue weighted by molar-refractivity contribution is -0.128. The molecule has 2 rings (SSSR count). The third kappa shape index (κ3) is 7.56. The van der Waals surface area contributed by atoms with Gasteiger partial charge < -0.3 is 9.64 Å². The van der Waals surface area contributed by atoms with E-state index < -0.39 is 0 Å². The molecular formula is C23H35ClN2O2. The number of ether oxygens (including phenoxy) is 1. The highest BCUT2D eigenvalue weighted by molar-refractivity contribution is 6.31. The summed E-state index contributed by atoms with van der Waals surface area (Å²) in [5.74, 6) is 0.145. The van der Waals surface area contributed by atoms with Gasteiger partial charge in [0.2, 0.25) is 5.91 Å². The summed E-state index contributed by atoms with van der Waals surface area (Å²) >= 11 is 6.40. The standard InChI is InChI=1S/C23H35ClN2O2/c1-4-5-6-7-8-10-18(2)23(27)26(21-12-13-21)17-19-15-20(11-9-14-28-3)25-16-22(19)24/h10,15-16,21H,4-9,11-14,17H2,1-3H3. The van der Waals surface area contributed by atoms with Crippen LogP contribution >= 0.6 is 11.6 Å². The van der Waals surface area contributed by atoms with Crippen molar-refractivity contribution >= 4 is 17.5 Å². The van der Waals surface area contributed by atoms with Crippen molar-refractivity contribution < 1.29 is 9.53 Å². The van der Waals surface area contributed by atoms with E-state index in [0.29, 0.717) is 24.2 Å². The highest BCUT2D eigenvalue weighted by Gasteiger charge is 2.33. The van der Waals surface area contributed by atoms with Gasteiger partial charge in [-0.1, -0.05) is 43.9 Å². The Morgan fingerprint density at radius 2 is 2.11 bits per heavy atom. The molecule has 0 saturated heterocycles. The Morgan fingerprint density at radius 3 is 2.79 bits per heavy atom. The van der Waals surface area contributed by atoms with Crippen molar-refractivity contribution in [1.29, 1.82) is 0 Å². The van der Waals surface area contributed by atoms with Gasteiger partial charge >= 0.3 is 0 Å². The molecule has 0 bridgehead atoms. The summed E-state index contributed by atoms with van der Waals surface area (Å²) in [7, 11) is 1.71. The number of methoxy groups -OCH3 is 1. The van der Waals surface area contributed by atoms with E-state index >= 15 is 0 Å². The fourth-order valence-electron chi connectivity index (χ4n) is 3.33. The fraction of sp³-hybridized carbons (Fsp3) is 0.652. The number of carbonyl (C=O) groups is 1. The number of unbranched alkanes of at least 4 members (excludes halogenated alkanes) is 4. The lowest BCUT2D eigenvalue weighted by Gasteiger charge is -2.24. The Hall–Kier alpha value is -1.39. The van der Waals surface area contributed by atoms with Crippen molar-refractivity contribution in [2.24, 2.45) is 0 Å². The molecule has 1 aliphatic carbocycles. The maximum absolute atomic E-state index is 13.0. The molecule has 0 N–H and O–H groups in total. The molecule has 1 fully saturated rings. The average molecular weight is 407 g/mol. The second kappa shape index (κ2) is 12.2. The molecule has 0 radical (unpaired) electrons. The number of hydrogen-bond donors (Lipinski definition) is 0. The summed E-state index contributed by atoms with van der Waals surface area (Å²) in [6.07, 6.45) is 13.6. The minimum atomic E-state index is 0.145. The predicted octanol–water partition coefficient (Wildman–Crippen LogP) is 5.72. The number of halogens is 1. The van der Waals surface area contributed by atoms with Crippen LogP contribution in [0.25, 0.3) is 0 Å². The maximum atomic E-state index is 13.0. The first-order valence-corrected chi connectivity index (χ1v) is 11.0. The van der Waals surface area contributed by atoms with Crippen molar-refractivity contribution in [1.82, 2.24) is 9.88 Å². The highest BCUT2D eigenvalue weighted by atomic mass is 35.5. The van der Waals surface area contributed by atoms with Crippen molar-refractivity contribution in [2.45, 2.75) is 84.2 Å². The van der Waals surface area contributed by atoms with E-state index in [0.717, 1.165) is 55.4 Å². The number of hydrogen-bond acceptors (Lipinski definition) is 3. The average Bonchev–Trinajstić information content (AvgIpc) is 3.52. The van der Waals surface area contributed by atoms with Gasteiger partial charge in [0.25, 0.3) is 0 Å². The van der Waals surface area contributed by atoms with E-state index in [9.17, 15) is 4.79 Å². The van der Waals surface area contributed by atoms with E-state index in [2.05, 4.69) is 18.0 Å². The Balaban J connectivity index is 2.01. The molecule has 0 atom stereocenters. The molecular weight excluding hydrogens is 372 g/mol. The number of aromatic nitrogens is 1. The van der Waals surface area contributed by atoms with Crippen LogP contribution in [0.1, 0.15) is 76.5 Å². The molecule has 1 aromatic rings. The minimum absolute atomic E-state index is 0.145. The molecule has 1 aromatic heterocycles. The third-order valence-electron chi connectivity index (χ3n) is 5.21. The normalized spacial score (nSPS) is 14.4. The van der Waals surface area contributed by atoms with Gasteiger partial charge in [0.05, 0.1) is 5.02 Å². The van der Waals surface area contributed by atoms with Gasteiger partial charge in [0.15, 0.2) is 0 Å². The molecule has 1 heterocycles. The summed E-state index contributed by atoms with van der Waals surface area (Å²) in [5.41, 5.74) is 2.84. The van der Waals surface area contributed by atoms with Crippen LogP contribution in [-0.4, -0.2) is 35.5 Å². The number of rotatable bonds is 13. The molecule has 0 unspecified atom stereocenters. The van der Waals surface area contributed by atoms with Crippen LogP contribution in [0.3, 0.4) is 0 Å². The van der Waals surface area contributed by atoms with Crippen molar-refractivity contribution in [3.05, 3.63) is 40.2 Å². The second-order valence-corrected chi connectivity index (χ2v) is 8.17. The van der Waals surface area contributed by atoms with Crippen LogP contribution in [0.15, 0.2) is 23.9 Å². The molecule has 4 nitrogen and oxygen atoms in total. The summed E-state index contributed by atoms with van der Waals surface area (Å²) in [6.45, 7) is 5.44. The fourth-order valence-corrected chi connectivity index (χ4v) is 3.49. The SMILES string of the molecule is CCCCCCC=C(C)C(=O)N(Cc1cc(CCCOC)ncc1Cl)C1CC1. The van der Waals surface area contributed by atoms with Gasteiger partial charge in [-0.3, -0.25) is 9.78 Å². The van der Waals surface area contributed by atoms with E-state index in [1.807, 2.05) is 17.9 Å². The Labute approximate surface area is 175 Å². The quantitative estimate of drug-likeness (QED) is 0.310. The van der Waals surface area contributed by atoms with Crippen molar-refractivity contribution in [3.8, 4) is 0 Å². The number of pyridine rings is 1. The molecule has 1 amide bonds. The predicted molar refractivity (Wildman–Crippen MR) is 116 cm³/mol. The lowest BCUT2D eigenvalue weighted by atomic mass is 10.1. The molecule has 0 aliphatic heterocycles. The van der Waals surface area contributed by atoms with Crippen LogP contribution in [0.5, 0.6) is 0 Å². The van der Waals surface area contributed by atoms with E-state index in [-0.39, 0.29) is 5.91 Å². The molecule has 5 heteroatoms. The van der Waals surface area contributed by atoms with Crippen LogP contribution in [0, 0.1) is 0 Å². The molecule has 1 aliphatic rings. The first-order chi connectivity index (χ1) is 13.6. The largest absolute Gasteiger partial charge is 0.385 e. The first kappa shape index (κ1) is 22.9. The first-order valence-electron chi connectivity index (χ1n) is 10.7. The van der Waals surface area contributed by atoms with E-state index in [1.54, 1.807) is 13.3 Å². The molecule has 156 valence electrons. The summed E-state index contributed by atoms with van der Waals surface area (Å²) in [6, 6.07) is 2.39. The minimum Gasteiger partial charge on any atom is -0.385 e. The van der Waals surface area contributed by atoms with Crippen LogP contribution < -0.4 is 0 Å². The zero-order chi connectivity index (χ0) is 20.4. The Morgan fingerprint density at radius 1 is 1.32 bits per heavy atom. The number of allylic oxidation sites excluding steroid dienone is 1. The van der Waals surface area contributed by atoms with E-state index in [4.69, 9.17) is 16.3 Å². The zero-order valence-corrected chi connectivity index (χ0v) is 18.4. The molecule has 0 aromatic carbocycles. The second-order valence-electron chi connectivity index (χ2n) is 7.76. The molecule has 0 spiro atoms. The van der Waals surface area contributed by atoms with Gasteiger partial charge in [-0.15, -0.1) is 0 Å². The van der Waals surface area contributed by atoms with Gasteiger partial charge in [0.1, 0.15) is 0 Å². The number of nitrogens with zero attached hydrogens (tertiary/aromatic N) is 2. The summed E-state index contributed by atoms with van der Waals surface area (Å²) in [4.78, 5) is 19.5. The van der Waals surface area contributed by atoms with Gasteiger partial charge in [-0.25, -0.2) is 0 Å². The Kier molecular flexibility index (Phi) is 10.0. The highest BCUT2D eigenvalue weighted by Crippen LogP contribution is 2.31. The maximum Gasteiger partial charge on any atom is 0.249 e. The van der Waals surface area contributed by atoms with Crippen LogP contribution in [-0.2, 0) is 22.5 Å². The van der Waals surface area contributed by atoms with Gasteiger partial charge in [-0.05, 0) is 57.1 Å². The zero-order valence-electron chi connectivity index (χ0n) is 17.7. The summed E-state index contributed by atoms with van der Waals surface area (Å²) < 4.78 is 5.12.